The van der Waals surface area contributed by atoms with Crippen LogP contribution < -0.4 is 10.3 Å². The summed E-state index contributed by atoms with van der Waals surface area (Å²) < 4.78 is 7.43. The fraction of sp³-hybridized carbons (Fsp3) is 0.368. The van der Waals surface area contributed by atoms with Gasteiger partial charge >= 0.3 is 0 Å². The van der Waals surface area contributed by atoms with E-state index in [9.17, 15) is 4.79 Å². The van der Waals surface area contributed by atoms with Gasteiger partial charge in [-0.3, -0.25) is 9.36 Å². The van der Waals surface area contributed by atoms with Gasteiger partial charge in [-0.05, 0) is 49.8 Å². The SMILES string of the molecule is O=c1c2c3c(sc2ncn1CCCOc1ccccc1)CCCC3. The zero-order valence-corrected chi connectivity index (χ0v) is 14.3. The number of hydrogen-bond donors (Lipinski definition) is 0. The zero-order chi connectivity index (χ0) is 16.4. The number of benzene rings is 1. The van der Waals surface area contributed by atoms with E-state index < -0.39 is 0 Å². The monoisotopic (exact) mass is 340 g/mol. The minimum absolute atomic E-state index is 0.110. The molecule has 0 fully saturated rings. The van der Waals surface area contributed by atoms with E-state index in [0.717, 1.165) is 35.2 Å². The maximum absolute atomic E-state index is 12.8. The number of nitrogens with zero attached hydrogens (tertiary/aromatic N) is 2. The van der Waals surface area contributed by atoms with Gasteiger partial charge in [-0.2, -0.15) is 0 Å². The number of aryl methyl sites for hydroxylation is 3. The van der Waals surface area contributed by atoms with E-state index in [2.05, 4.69) is 4.98 Å². The first-order valence-corrected chi connectivity index (χ1v) is 9.32. The second-order valence-electron chi connectivity index (χ2n) is 6.15. The molecule has 3 aromatic rings. The van der Waals surface area contributed by atoms with Gasteiger partial charge in [0, 0.05) is 11.4 Å². The zero-order valence-electron chi connectivity index (χ0n) is 13.5. The van der Waals surface area contributed by atoms with Gasteiger partial charge in [0.05, 0.1) is 18.3 Å². The lowest BCUT2D eigenvalue weighted by Crippen LogP contribution is -2.22. The first-order valence-electron chi connectivity index (χ1n) is 8.50. The Morgan fingerprint density at radius 2 is 2.00 bits per heavy atom. The van der Waals surface area contributed by atoms with E-state index in [4.69, 9.17) is 4.74 Å². The molecule has 1 aliphatic rings. The fourth-order valence-corrected chi connectivity index (χ4v) is 4.50. The smallest absolute Gasteiger partial charge is 0.262 e. The van der Waals surface area contributed by atoms with Gasteiger partial charge in [-0.25, -0.2) is 4.98 Å². The van der Waals surface area contributed by atoms with Crippen molar-refractivity contribution in [3.8, 4) is 5.75 Å². The predicted molar refractivity (Wildman–Crippen MR) is 97.1 cm³/mol. The summed E-state index contributed by atoms with van der Waals surface area (Å²) in [5, 5.41) is 0.862. The molecule has 124 valence electrons. The lowest BCUT2D eigenvalue weighted by atomic mass is 9.97. The van der Waals surface area contributed by atoms with Crippen LogP contribution in [0.3, 0.4) is 0 Å². The molecule has 0 saturated carbocycles. The van der Waals surface area contributed by atoms with E-state index >= 15 is 0 Å². The summed E-state index contributed by atoms with van der Waals surface area (Å²) in [5.41, 5.74) is 1.37. The summed E-state index contributed by atoms with van der Waals surface area (Å²) in [5.74, 6) is 0.866. The fourth-order valence-electron chi connectivity index (χ4n) is 3.28. The molecule has 0 bridgehead atoms. The molecule has 0 N–H and O–H groups in total. The molecular formula is C19H20N2O2S. The number of fused-ring (bicyclic) bond motifs is 3. The Balaban J connectivity index is 1.48. The predicted octanol–water partition coefficient (Wildman–Crippen LogP) is 3.81. The number of ether oxygens (including phenoxy) is 1. The molecule has 0 amide bonds. The number of rotatable bonds is 5. The van der Waals surface area contributed by atoms with Crippen molar-refractivity contribution in [1.82, 2.24) is 9.55 Å². The summed E-state index contributed by atoms with van der Waals surface area (Å²) in [6, 6.07) is 9.76. The van der Waals surface area contributed by atoms with Crippen molar-refractivity contribution in [2.45, 2.75) is 38.6 Å². The van der Waals surface area contributed by atoms with Crippen LogP contribution in [0, 0.1) is 0 Å². The Labute approximate surface area is 144 Å². The Morgan fingerprint density at radius 1 is 1.17 bits per heavy atom. The first-order chi connectivity index (χ1) is 11.8. The average molecular weight is 340 g/mol. The lowest BCUT2D eigenvalue weighted by molar-refractivity contribution is 0.301. The van der Waals surface area contributed by atoms with Crippen molar-refractivity contribution in [1.29, 1.82) is 0 Å². The van der Waals surface area contributed by atoms with Gasteiger partial charge in [-0.1, -0.05) is 18.2 Å². The molecule has 0 radical (unpaired) electrons. The Kier molecular flexibility index (Phi) is 4.34. The van der Waals surface area contributed by atoms with Crippen LogP contribution in [0.4, 0.5) is 0 Å². The van der Waals surface area contributed by atoms with E-state index in [-0.39, 0.29) is 5.56 Å². The molecule has 4 rings (SSSR count). The molecule has 2 heterocycles. The third-order valence-corrected chi connectivity index (χ3v) is 5.70. The minimum Gasteiger partial charge on any atom is -0.494 e. The van der Waals surface area contributed by atoms with Crippen LogP contribution in [0.15, 0.2) is 41.5 Å². The molecule has 5 heteroatoms. The molecule has 1 aromatic carbocycles. The van der Waals surface area contributed by atoms with Gasteiger partial charge in [0.1, 0.15) is 10.6 Å². The highest BCUT2D eigenvalue weighted by atomic mass is 32.1. The largest absolute Gasteiger partial charge is 0.494 e. The van der Waals surface area contributed by atoms with Crippen molar-refractivity contribution in [3.05, 3.63) is 57.5 Å². The number of thiophene rings is 1. The number of aromatic nitrogens is 2. The summed E-state index contributed by atoms with van der Waals surface area (Å²) in [4.78, 5) is 19.6. The number of para-hydroxylation sites is 1. The van der Waals surface area contributed by atoms with Gasteiger partial charge in [0.2, 0.25) is 0 Å². The standard InChI is InChI=1S/C19H20N2O2S/c22-19-17-15-9-4-5-10-16(15)24-18(17)20-13-21(19)11-6-12-23-14-7-2-1-3-8-14/h1-3,7-8,13H,4-6,9-12H2. The Bertz CT molecular complexity index is 899. The number of hydrogen-bond acceptors (Lipinski definition) is 4. The minimum atomic E-state index is 0.110. The van der Waals surface area contributed by atoms with Gasteiger partial charge < -0.3 is 4.74 Å². The Morgan fingerprint density at radius 3 is 2.88 bits per heavy atom. The molecular weight excluding hydrogens is 320 g/mol. The van der Waals surface area contributed by atoms with E-state index in [1.165, 1.54) is 23.3 Å². The van der Waals surface area contributed by atoms with Crippen LogP contribution in [0.2, 0.25) is 0 Å². The maximum atomic E-state index is 12.8. The summed E-state index contributed by atoms with van der Waals surface area (Å²) in [7, 11) is 0. The second-order valence-corrected chi connectivity index (χ2v) is 7.23. The van der Waals surface area contributed by atoms with Gasteiger partial charge in [-0.15, -0.1) is 11.3 Å². The molecule has 0 atom stereocenters. The first kappa shape index (κ1) is 15.4. The van der Waals surface area contributed by atoms with Crippen molar-refractivity contribution in [2.75, 3.05) is 6.61 Å². The summed E-state index contributed by atoms with van der Waals surface area (Å²) in [6.07, 6.45) is 7.00. The summed E-state index contributed by atoms with van der Waals surface area (Å²) >= 11 is 1.70. The van der Waals surface area contributed by atoms with Crippen LogP contribution in [-0.4, -0.2) is 16.2 Å². The van der Waals surface area contributed by atoms with Crippen molar-refractivity contribution in [3.63, 3.8) is 0 Å². The molecule has 2 aromatic heterocycles. The normalized spacial score (nSPS) is 13.8. The molecule has 0 unspecified atom stereocenters. The molecule has 1 aliphatic carbocycles. The highest BCUT2D eigenvalue weighted by Crippen LogP contribution is 2.33. The summed E-state index contributed by atoms with van der Waals surface area (Å²) in [6.45, 7) is 1.23. The van der Waals surface area contributed by atoms with E-state index in [0.29, 0.717) is 13.2 Å². The molecule has 0 saturated heterocycles. The van der Waals surface area contributed by atoms with Crippen LogP contribution in [0.1, 0.15) is 29.7 Å². The lowest BCUT2D eigenvalue weighted by Gasteiger charge is -2.10. The highest BCUT2D eigenvalue weighted by Gasteiger charge is 2.19. The van der Waals surface area contributed by atoms with Gasteiger partial charge in [0.25, 0.3) is 5.56 Å². The van der Waals surface area contributed by atoms with Crippen LogP contribution >= 0.6 is 11.3 Å². The van der Waals surface area contributed by atoms with Crippen LogP contribution in [-0.2, 0) is 19.4 Å². The molecule has 4 nitrogen and oxygen atoms in total. The van der Waals surface area contributed by atoms with Crippen LogP contribution in [0.5, 0.6) is 5.75 Å². The third kappa shape index (κ3) is 2.96. The topological polar surface area (TPSA) is 44.1 Å². The molecule has 0 aliphatic heterocycles. The van der Waals surface area contributed by atoms with Crippen LogP contribution in [0.25, 0.3) is 10.2 Å². The van der Waals surface area contributed by atoms with E-state index in [1.54, 1.807) is 22.2 Å². The van der Waals surface area contributed by atoms with Gasteiger partial charge in [0.15, 0.2) is 0 Å². The molecule has 24 heavy (non-hydrogen) atoms. The maximum Gasteiger partial charge on any atom is 0.262 e. The molecule has 0 spiro atoms. The van der Waals surface area contributed by atoms with E-state index in [1.807, 2.05) is 30.3 Å². The average Bonchev–Trinajstić information content (AvgIpc) is 3.00. The third-order valence-electron chi connectivity index (χ3n) is 4.50. The quantitative estimate of drug-likeness (QED) is 0.664. The highest BCUT2D eigenvalue weighted by molar-refractivity contribution is 7.18. The second kappa shape index (κ2) is 6.77. The Hall–Kier alpha value is -2.14. The van der Waals surface area contributed by atoms with Crippen molar-refractivity contribution >= 4 is 21.6 Å². The van der Waals surface area contributed by atoms with Crippen molar-refractivity contribution in [2.24, 2.45) is 0 Å². The van der Waals surface area contributed by atoms with Crippen molar-refractivity contribution < 1.29 is 4.74 Å².